The van der Waals surface area contributed by atoms with Crippen molar-refractivity contribution in [2.75, 3.05) is 7.11 Å². The van der Waals surface area contributed by atoms with Crippen LogP contribution in [0.2, 0.25) is 0 Å². The summed E-state index contributed by atoms with van der Waals surface area (Å²) in [7, 11) is 1.71. The first-order valence-electron chi connectivity index (χ1n) is 8.69. The first-order valence-corrected chi connectivity index (χ1v) is 8.69. The van der Waals surface area contributed by atoms with Gasteiger partial charge in [0.15, 0.2) is 0 Å². The van der Waals surface area contributed by atoms with Crippen molar-refractivity contribution in [2.45, 2.75) is 25.4 Å². The van der Waals surface area contributed by atoms with Gasteiger partial charge in [-0.2, -0.15) is 0 Å². The van der Waals surface area contributed by atoms with Gasteiger partial charge in [0.25, 0.3) is 0 Å². The van der Waals surface area contributed by atoms with Crippen LogP contribution in [0.15, 0.2) is 66.7 Å². The molecule has 122 valence electrons. The van der Waals surface area contributed by atoms with E-state index in [0.29, 0.717) is 6.04 Å². The molecule has 2 nitrogen and oxygen atoms in total. The van der Waals surface area contributed by atoms with Crippen molar-refractivity contribution in [2.24, 2.45) is 5.92 Å². The van der Waals surface area contributed by atoms with Crippen molar-refractivity contribution < 1.29 is 4.74 Å². The van der Waals surface area contributed by atoms with Crippen molar-refractivity contribution in [1.82, 2.24) is 5.32 Å². The molecule has 0 unspecified atom stereocenters. The van der Waals surface area contributed by atoms with Crippen LogP contribution in [-0.4, -0.2) is 7.11 Å². The van der Waals surface area contributed by atoms with Crippen molar-refractivity contribution in [3.8, 4) is 5.75 Å². The minimum atomic E-state index is 0.426. The lowest BCUT2D eigenvalue weighted by Crippen LogP contribution is -2.22. The van der Waals surface area contributed by atoms with E-state index in [1.54, 1.807) is 7.11 Å². The van der Waals surface area contributed by atoms with Gasteiger partial charge in [-0.05, 0) is 52.8 Å². The second kappa shape index (κ2) is 6.66. The Morgan fingerprint density at radius 1 is 0.958 bits per heavy atom. The predicted molar refractivity (Wildman–Crippen MR) is 99.2 cm³/mol. The normalized spacial score (nSPS) is 15.4. The molecule has 0 aliphatic heterocycles. The molecular formula is C22H23NO. The molecule has 0 aromatic heterocycles. The minimum Gasteiger partial charge on any atom is -0.497 e. The van der Waals surface area contributed by atoms with Gasteiger partial charge in [-0.25, -0.2) is 0 Å². The molecule has 0 bridgehead atoms. The zero-order valence-electron chi connectivity index (χ0n) is 14.0. The van der Waals surface area contributed by atoms with E-state index < -0.39 is 0 Å². The van der Waals surface area contributed by atoms with Crippen molar-refractivity contribution in [1.29, 1.82) is 0 Å². The molecule has 1 saturated carbocycles. The van der Waals surface area contributed by atoms with Crippen LogP contribution in [0.5, 0.6) is 5.75 Å². The molecule has 0 radical (unpaired) electrons. The molecule has 24 heavy (non-hydrogen) atoms. The molecule has 1 atom stereocenters. The Bertz CT molecular complexity index is 816. The van der Waals surface area contributed by atoms with Gasteiger partial charge in [0.2, 0.25) is 0 Å². The van der Waals surface area contributed by atoms with E-state index in [-0.39, 0.29) is 0 Å². The Labute approximate surface area is 143 Å². The van der Waals surface area contributed by atoms with E-state index in [1.165, 1.54) is 34.7 Å². The van der Waals surface area contributed by atoms with Gasteiger partial charge in [0, 0.05) is 12.6 Å². The molecule has 0 spiro atoms. The Balaban J connectivity index is 1.55. The van der Waals surface area contributed by atoms with Gasteiger partial charge in [0.1, 0.15) is 5.75 Å². The van der Waals surface area contributed by atoms with Crippen LogP contribution in [0.4, 0.5) is 0 Å². The molecule has 2 heteroatoms. The highest BCUT2D eigenvalue weighted by molar-refractivity contribution is 5.85. The number of nitrogens with one attached hydrogen (secondary N) is 1. The van der Waals surface area contributed by atoms with Gasteiger partial charge in [0.05, 0.1) is 7.11 Å². The smallest absolute Gasteiger partial charge is 0.118 e. The van der Waals surface area contributed by atoms with Crippen LogP contribution in [0, 0.1) is 5.92 Å². The van der Waals surface area contributed by atoms with E-state index in [2.05, 4.69) is 72.0 Å². The fourth-order valence-electron chi connectivity index (χ4n) is 3.46. The largest absolute Gasteiger partial charge is 0.497 e. The second-order valence-electron chi connectivity index (χ2n) is 6.61. The average molecular weight is 317 g/mol. The highest BCUT2D eigenvalue weighted by Crippen LogP contribution is 2.41. The summed E-state index contributed by atoms with van der Waals surface area (Å²) in [4.78, 5) is 0. The third-order valence-electron chi connectivity index (χ3n) is 4.96. The van der Waals surface area contributed by atoms with Gasteiger partial charge >= 0.3 is 0 Å². The maximum Gasteiger partial charge on any atom is 0.118 e. The van der Waals surface area contributed by atoms with Crippen LogP contribution < -0.4 is 10.1 Å². The predicted octanol–water partition coefficient (Wildman–Crippen LogP) is 5.09. The number of hydrogen-bond donors (Lipinski definition) is 1. The van der Waals surface area contributed by atoms with E-state index in [0.717, 1.165) is 18.2 Å². The average Bonchev–Trinajstić information content (AvgIpc) is 3.48. The molecule has 3 aromatic rings. The van der Waals surface area contributed by atoms with Crippen LogP contribution in [-0.2, 0) is 6.54 Å². The molecule has 1 aliphatic carbocycles. The van der Waals surface area contributed by atoms with Crippen molar-refractivity contribution in [3.05, 3.63) is 77.9 Å². The monoisotopic (exact) mass is 317 g/mol. The second-order valence-corrected chi connectivity index (χ2v) is 6.61. The summed E-state index contributed by atoms with van der Waals surface area (Å²) in [6.07, 6.45) is 2.64. The van der Waals surface area contributed by atoms with E-state index >= 15 is 0 Å². The highest BCUT2D eigenvalue weighted by atomic mass is 16.5. The maximum atomic E-state index is 5.28. The van der Waals surface area contributed by atoms with E-state index in [9.17, 15) is 0 Å². The Kier molecular flexibility index (Phi) is 4.22. The van der Waals surface area contributed by atoms with Crippen LogP contribution in [0.25, 0.3) is 10.8 Å². The molecule has 1 N–H and O–H groups in total. The summed E-state index contributed by atoms with van der Waals surface area (Å²) in [6, 6.07) is 24.1. The summed E-state index contributed by atoms with van der Waals surface area (Å²) >= 11 is 0. The Morgan fingerprint density at radius 3 is 2.46 bits per heavy atom. The van der Waals surface area contributed by atoms with E-state index in [4.69, 9.17) is 4.74 Å². The molecule has 1 aliphatic rings. The summed E-state index contributed by atoms with van der Waals surface area (Å²) in [5.41, 5.74) is 2.73. The number of rotatable bonds is 6. The molecule has 0 heterocycles. The molecule has 4 rings (SSSR count). The Hall–Kier alpha value is -2.32. The zero-order valence-corrected chi connectivity index (χ0v) is 14.0. The summed E-state index contributed by atoms with van der Waals surface area (Å²) < 4.78 is 5.28. The van der Waals surface area contributed by atoms with Crippen LogP contribution in [0.1, 0.15) is 30.0 Å². The third kappa shape index (κ3) is 3.15. The van der Waals surface area contributed by atoms with Gasteiger partial charge in [-0.15, -0.1) is 0 Å². The SMILES string of the molecule is COc1ccc([C@@H](NCc2cccc3ccccc23)C2CC2)cc1. The third-order valence-corrected chi connectivity index (χ3v) is 4.96. The van der Waals surface area contributed by atoms with Crippen molar-refractivity contribution in [3.63, 3.8) is 0 Å². The summed E-state index contributed by atoms with van der Waals surface area (Å²) in [5.74, 6) is 1.68. The summed E-state index contributed by atoms with van der Waals surface area (Å²) in [6.45, 7) is 0.897. The molecule has 0 saturated heterocycles. The standard InChI is InChI=1S/C22H23NO/c1-24-20-13-11-18(12-14-20)22(17-9-10-17)23-15-19-7-4-6-16-5-2-3-8-21(16)19/h2-8,11-14,17,22-23H,9-10,15H2,1H3/t22-/m0/s1. The van der Waals surface area contributed by atoms with E-state index in [1.807, 2.05) is 0 Å². The lowest BCUT2D eigenvalue weighted by atomic mass is 10.0. The fraction of sp³-hybridized carbons (Fsp3) is 0.273. The molecule has 1 fully saturated rings. The number of ether oxygens (including phenoxy) is 1. The van der Waals surface area contributed by atoms with Gasteiger partial charge in [-0.3, -0.25) is 0 Å². The first-order chi connectivity index (χ1) is 11.8. The number of fused-ring (bicyclic) bond motifs is 1. The van der Waals surface area contributed by atoms with Gasteiger partial charge in [-0.1, -0.05) is 54.6 Å². The lowest BCUT2D eigenvalue weighted by Gasteiger charge is -2.20. The zero-order chi connectivity index (χ0) is 16.4. The molecular weight excluding hydrogens is 294 g/mol. The highest BCUT2D eigenvalue weighted by Gasteiger charge is 2.31. The summed E-state index contributed by atoms with van der Waals surface area (Å²) in [5, 5.41) is 6.46. The topological polar surface area (TPSA) is 21.3 Å². The van der Waals surface area contributed by atoms with Crippen LogP contribution in [0.3, 0.4) is 0 Å². The molecule has 0 amide bonds. The molecule has 3 aromatic carbocycles. The quantitative estimate of drug-likeness (QED) is 0.684. The van der Waals surface area contributed by atoms with Crippen molar-refractivity contribution >= 4 is 10.8 Å². The number of methoxy groups -OCH3 is 1. The van der Waals surface area contributed by atoms with Crippen LogP contribution >= 0.6 is 0 Å². The maximum absolute atomic E-state index is 5.28. The fourth-order valence-corrected chi connectivity index (χ4v) is 3.46. The van der Waals surface area contributed by atoms with Gasteiger partial charge < -0.3 is 10.1 Å². The Morgan fingerprint density at radius 2 is 1.71 bits per heavy atom. The lowest BCUT2D eigenvalue weighted by molar-refractivity contribution is 0.413. The minimum absolute atomic E-state index is 0.426. The number of benzene rings is 3. The first kappa shape index (κ1) is 15.2. The number of hydrogen-bond acceptors (Lipinski definition) is 2.